The van der Waals surface area contributed by atoms with E-state index in [1.807, 2.05) is 26.0 Å². The van der Waals surface area contributed by atoms with Crippen molar-refractivity contribution in [1.82, 2.24) is 0 Å². The lowest BCUT2D eigenvalue weighted by atomic mass is 9.92. The minimum atomic E-state index is -0.104. The zero-order chi connectivity index (χ0) is 18.0. The molecule has 3 aromatic carbocycles. The van der Waals surface area contributed by atoms with E-state index in [1.165, 1.54) is 16.7 Å². The average Bonchev–Trinajstić information content (AvgIpc) is 2.60. The Morgan fingerprint density at radius 1 is 0.800 bits per heavy atom. The zero-order valence-electron chi connectivity index (χ0n) is 15.4. The molecule has 1 heteroatoms. The van der Waals surface area contributed by atoms with Crippen LogP contribution in [0.5, 0.6) is 0 Å². The van der Waals surface area contributed by atoms with Gasteiger partial charge in [0.05, 0.1) is 0 Å². The number of hydrogen-bond donors (Lipinski definition) is 0. The van der Waals surface area contributed by atoms with E-state index in [2.05, 4.69) is 62.4 Å². The number of rotatable bonds is 4. The second-order valence-electron chi connectivity index (χ2n) is 7.14. The smallest absolute Gasteiger partial charge is 0.129 e. The highest BCUT2D eigenvalue weighted by Gasteiger charge is 2.09. The van der Waals surface area contributed by atoms with Gasteiger partial charge in [-0.1, -0.05) is 61.0 Å². The summed E-state index contributed by atoms with van der Waals surface area (Å²) in [4.78, 5) is 0. The monoisotopic (exact) mass is 332 g/mol. The Bertz CT molecular complexity index is 852. The molecule has 3 rings (SSSR count). The molecular formula is C24H25F. The van der Waals surface area contributed by atoms with Crippen molar-refractivity contribution in [3.8, 4) is 11.1 Å². The summed E-state index contributed by atoms with van der Waals surface area (Å²) in [7, 11) is 0. The van der Waals surface area contributed by atoms with Crippen LogP contribution in [0.25, 0.3) is 11.1 Å². The van der Waals surface area contributed by atoms with Gasteiger partial charge < -0.3 is 0 Å². The van der Waals surface area contributed by atoms with Crippen LogP contribution < -0.4 is 0 Å². The topological polar surface area (TPSA) is 0 Å². The second kappa shape index (κ2) is 7.23. The summed E-state index contributed by atoms with van der Waals surface area (Å²) >= 11 is 0. The predicted molar refractivity (Wildman–Crippen MR) is 105 cm³/mol. The number of hydrogen-bond acceptors (Lipinski definition) is 0. The molecule has 1 atom stereocenters. The molecule has 0 radical (unpaired) electrons. The summed E-state index contributed by atoms with van der Waals surface area (Å²) in [5.41, 5.74) is 7.64. The fourth-order valence-corrected chi connectivity index (χ4v) is 3.39. The Hall–Kier alpha value is -2.41. The van der Waals surface area contributed by atoms with Gasteiger partial charge in [-0.3, -0.25) is 0 Å². The van der Waals surface area contributed by atoms with Gasteiger partial charge in [-0.15, -0.1) is 0 Å². The largest absolute Gasteiger partial charge is 0.206 e. The third kappa shape index (κ3) is 3.99. The molecule has 0 N–H and O–H groups in total. The molecule has 25 heavy (non-hydrogen) atoms. The highest BCUT2D eigenvalue weighted by atomic mass is 19.1. The minimum absolute atomic E-state index is 0.104. The Balaban J connectivity index is 1.78. The molecule has 0 nitrogen and oxygen atoms in total. The Morgan fingerprint density at radius 3 is 2.04 bits per heavy atom. The third-order valence-electron chi connectivity index (χ3n) is 4.88. The van der Waals surface area contributed by atoms with Gasteiger partial charge in [-0.25, -0.2) is 4.39 Å². The van der Waals surface area contributed by atoms with Crippen LogP contribution in [-0.2, 0) is 6.42 Å². The molecule has 0 aliphatic rings. The fourth-order valence-electron chi connectivity index (χ4n) is 3.39. The maximum Gasteiger partial charge on any atom is 0.129 e. The molecular weight excluding hydrogens is 307 g/mol. The molecule has 0 saturated carbocycles. The van der Waals surface area contributed by atoms with E-state index in [1.54, 1.807) is 0 Å². The van der Waals surface area contributed by atoms with E-state index in [0.717, 1.165) is 17.5 Å². The van der Waals surface area contributed by atoms with Crippen molar-refractivity contribution in [2.24, 2.45) is 0 Å². The first-order chi connectivity index (χ1) is 11.9. The SMILES string of the molecule is Cc1cccc(C(C)Cc2ccc(-c3cc(C)c(F)c(C)c3)cc2)c1. The first kappa shape index (κ1) is 17.4. The summed E-state index contributed by atoms with van der Waals surface area (Å²) < 4.78 is 13.8. The first-order valence-corrected chi connectivity index (χ1v) is 8.86. The van der Waals surface area contributed by atoms with E-state index in [4.69, 9.17) is 0 Å². The molecule has 0 saturated heterocycles. The molecule has 0 aliphatic heterocycles. The van der Waals surface area contributed by atoms with Gasteiger partial charge in [0, 0.05) is 0 Å². The quantitative estimate of drug-likeness (QED) is 0.495. The van der Waals surface area contributed by atoms with Gasteiger partial charge in [-0.05, 0) is 78.6 Å². The van der Waals surface area contributed by atoms with E-state index < -0.39 is 0 Å². The van der Waals surface area contributed by atoms with Crippen LogP contribution >= 0.6 is 0 Å². The lowest BCUT2D eigenvalue weighted by Crippen LogP contribution is -1.99. The molecule has 0 aromatic heterocycles. The van der Waals surface area contributed by atoms with Crippen molar-refractivity contribution >= 4 is 0 Å². The maximum absolute atomic E-state index is 13.8. The Kier molecular flexibility index (Phi) is 5.03. The lowest BCUT2D eigenvalue weighted by molar-refractivity contribution is 0.609. The zero-order valence-corrected chi connectivity index (χ0v) is 15.4. The van der Waals surface area contributed by atoms with Crippen molar-refractivity contribution in [2.45, 2.75) is 40.0 Å². The molecule has 0 spiro atoms. The predicted octanol–water partition coefficient (Wildman–Crippen LogP) is 6.76. The minimum Gasteiger partial charge on any atom is -0.206 e. The number of aryl methyl sites for hydroxylation is 3. The highest BCUT2D eigenvalue weighted by Crippen LogP contribution is 2.26. The number of benzene rings is 3. The van der Waals surface area contributed by atoms with Crippen molar-refractivity contribution in [1.29, 1.82) is 0 Å². The number of halogens is 1. The van der Waals surface area contributed by atoms with Crippen LogP contribution in [0.3, 0.4) is 0 Å². The molecule has 0 fully saturated rings. The summed E-state index contributed by atoms with van der Waals surface area (Å²) in [6, 6.07) is 21.2. The fraction of sp³-hybridized carbons (Fsp3) is 0.250. The summed E-state index contributed by atoms with van der Waals surface area (Å²) in [5, 5.41) is 0. The molecule has 128 valence electrons. The van der Waals surface area contributed by atoms with Crippen molar-refractivity contribution in [3.05, 3.63) is 94.3 Å². The van der Waals surface area contributed by atoms with Gasteiger partial charge in [0.15, 0.2) is 0 Å². The average molecular weight is 332 g/mol. The first-order valence-electron chi connectivity index (χ1n) is 8.86. The van der Waals surface area contributed by atoms with Crippen LogP contribution in [0.2, 0.25) is 0 Å². The van der Waals surface area contributed by atoms with Crippen molar-refractivity contribution in [3.63, 3.8) is 0 Å². The van der Waals surface area contributed by atoms with E-state index in [9.17, 15) is 4.39 Å². The molecule has 0 heterocycles. The van der Waals surface area contributed by atoms with Gasteiger partial charge in [0.2, 0.25) is 0 Å². The van der Waals surface area contributed by atoms with Gasteiger partial charge >= 0.3 is 0 Å². The van der Waals surface area contributed by atoms with Crippen LogP contribution in [0.15, 0.2) is 60.7 Å². The van der Waals surface area contributed by atoms with Crippen LogP contribution in [0, 0.1) is 26.6 Å². The molecule has 0 amide bonds. The van der Waals surface area contributed by atoms with Crippen molar-refractivity contribution < 1.29 is 4.39 Å². The summed E-state index contributed by atoms with van der Waals surface area (Å²) in [6.07, 6.45) is 1.02. The highest BCUT2D eigenvalue weighted by molar-refractivity contribution is 5.65. The van der Waals surface area contributed by atoms with Gasteiger partial charge in [-0.2, -0.15) is 0 Å². The normalized spacial score (nSPS) is 12.2. The van der Waals surface area contributed by atoms with E-state index in [-0.39, 0.29) is 5.82 Å². The lowest BCUT2D eigenvalue weighted by Gasteiger charge is -2.13. The molecule has 3 aromatic rings. The van der Waals surface area contributed by atoms with Gasteiger partial charge in [0.25, 0.3) is 0 Å². The van der Waals surface area contributed by atoms with Crippen molar-refractivity contribution in [2.75, 3.05) is 0 Å². The summed E-state index contributed by atoms with van der Waals surface area (Å²) in [6.45, 7) is 8.06. The van der Waals surface area contributed by atoms with Gasteiger partial charge in [0.1, 0.15) is 5.82 Å². The standard InChI is InChI=1S/C24H25F/c1-16-6-5-7-22(12-16)17(2)13-20-8-10-21(11-9-20)23-14-18(3)24(25)19(4)15-23/h5-12,14-15,17H,13H2,1-4H3. The van der Waals surface area contributed by atoms with E-state index in [0.29, 0.717) is 17.0 Å². The summed E-state index contributed by atoms with van der Waals surface area (Å²) in [5.74, 6) is 0.383. The maximum atomic E-state index is 13.8. The second-order valence-corrected chi connectivity index (χ2v) is 7.14. The van der Waals surface area contributed by atoms with E-state index >= 15 is 0 Å². The Labute approximate surface area is 150 Å². The third-order valence-corrected chi connectivity index (χ3v) is 4.88. The van der Waals surface area contributed by atoms with Crippen LogP contribution in [-0.4, -0.2) is 0 Å². The van der Waals surface area contributed by atoms with Crippen LogP contribution in [0.4, 0.5) is 4.39 Å². The molecule has 1 unspecified atom stereocenters. The molecule has 0 aliphatic carbocycles. The molecule has 0 bridgehead atoms. The van der Waals surface area contributed by atoms with Crippen LogP contribution in [0.1, 0.15) is 40.7 Å². The Morgan fingerprint density at radius 2 is 1.44 bits per heavy atom.